The zero-order valence-corrected chi connectivity index (χ0v) is 9.81. The molecule has 1 aliphatic rings. The monoisotopic (exact) mass is 256 g/mol. The molecule has 0 spiro atoms. The molecule has 2 N–H and O–H groups in total. The molecule has 0 bridgehead atoms. The average molecular weight is 256 g/mol. The molecular formula is C9H12N4O3S. The minimum atomic E-state index is -0.816. The molecule has 1 aliphatic heterocycles. The van der Waals surface area contributed by atoms with Gasteiger partial charge < -0.3 is 10.0 Å². The van der Waals surface area contributed by atoms with Crippen LogP contribution in [0, 0.1) is 5.92 Å². The predicted molar refractivity (Wildman–Crippen MR) is 60.9 cm³/mol. The maximum absolute atomic E-state index is 11.8. The Balaban J connectivity index is 1.83. The number of urea groups is 1. The van der Waals surface area contributed by atoms with Gasteiger partial charge in [-0.25, -0.2) is 4.79 Å². The Hall–Kier alpha value is -1.70. The number of amides is 2. The first-order valence-corrected chi connectivity index (χ1v) is 5.97. The van der Waals surface area contributed by atoms with Crippen LogP contribution >= 0.6 is 11.5 Å². The lowest BCUT2D eigenvalue weighted by molar-refractivity contribution is -0.138. The normalized spacial score (nSPS) is 19.3. The van der Waals surface area contributed by atoms with Crippen molar-refractivity contribution in [3.05, 3.63) is 6.20 Å². The van der Waals surface area contributed by atoms with E-state index in [-0.39, 0.29) is 18.4 Å². The lowest BCUT2D eigenvalue weighted by Crippen LogP contribution is -2.32. The van der Waals surface area contributed by atoms with Gasteiger partial charge in [-0.3, -0.25) is 10.1 Å². The zero-order chi connectivity index (χ0) is 12.3. The first-order chi connectivity index (χ1) is 8.15. The van der Waals surface area contributed by atoms with Crippen LogP contribution in [0.1, 0.15) is 12.8 Å². The summed E-state index contributed by atoms with van der Waals surface area (Å²) in [6.07, 6.45) is 2.33. The van der Waals surface area contributed by atoms with Crippen LogP contribution in [0.4, 0.5) is 9.80 Å². The van der Waals surface area contributed by atoms with Gasteiger partial charge in [0.2, 0.25) is 0 Å². The number of carboxylic acids is 1. The van der Waals surface area contributed by atoms with Crippen LogP contribution in [0.25, 0.3) is 0 Å². The molecule has 1 aromatic heterocycles. The molecule has 1 aromatic rings. The van der Waals surface area contributed by atoms with E-state index < -0.39 is 5.97 Å². The maximum atomic E-state index is 11.8. The summed E-state index contributed by atoms with van der Waals surface area (Å²) < 4.78 is 3.64. The van der Waals surface area contributed by atoms with Crippen molar-refractivity contribution in [1.82, 2.24) is 14.5 Å². The Kier molecular flexibility index (Phi) is 3.52. The molecule has 1 unspecified atom stereocenters. The van der Waals surface area contributed by atoms with E-state index in [0.717, 1.165) is 18.0 Å². The standard InChI is InChI=1S/C9H12N4O3S/c14-8(15)3-6-1-2-13(5-6)9(16)11-7-4-10-12-17-7/h4,6H,1-3,5H2,(H,11,16)(H,14,15). The van der Waals surface area contributed by atoms with Gasteiger partial charge in [0.15, 0.2) is 0 Å². The summed E-state index contributed by atoms with van der Waals surface area (Å²) in [5, 5.41) is 15.6. The van der Waals surface area contributed by atoms with Crippen molar-refractivity contribution < 1.29 is 14.7 Å². The molecule has 92 valence electrons. The highest BCUT2D eigenvalue weighted by Gasteiger charge is 2.27. The highest BCUT2D eigenvalue weighted by molar-refractivity contribution is 7.10. The molecule has 1 fully saturated rings. The number of carbonyl (C=O) groups excluding carboxylic acids is 1. The molecule has 2 heterocycles. The van der Waals surface area contributed by atoms with E-state index in [9.17, 15) is 9.59 Å². The summed E-state index contributed by atoms with van der Waals surface area (Å²) >= 11 is 1.11. The summed E-state index contributed by atoms with van der Waals surface area (Å²) in [7, 11) is 0. The molecule has 0 radical (unpaired) electrons. The third-order valence-corrected chi connectivity index (χ3v) is 3.21. The molecule has 0 aromatic carbocycles. The number of likely N-dealkylation sites (tertiary alicyclic amines) is 1. The molecular weight excluding hydrogens is 244 g/mol. The van der Waals surface area contributed by atoms with E-state index in [0.29, 0.717) is 18.1 Å². The molecule has 0 saturated carbocycles. The van der Waals surface area contributed by atoms with Gasteiger partial charge in [-0.05, 0) is 12.3 Å². The van der Waals surface area contributed by atoms with Crippen molar-refractivity contribution in [1.29, 1.82) is 0 Å². The predicted octanol–water partition coefficient (Wildman–Crippen LogP) is 0.867. The first kappa shape index (κ1) is 11.8. The smallest absolute Gasteiger partial charge is 0.322 e. The molecule has 1 atom stereocenters. The van der Waals surface area contributed by atoms with Crippen LogP contribution < -0.4 is 5.32 Å². The number of carboxylic acid groups (broad SMARTS) is 1. The zero-order valence-electron chi connectivity index (χ0n) is 9.00. The number of rotatable bonds is 3. The molecule has 1 saturated heterocycles. The number of hydrogen-bond acceptors (Lipinski definition) is 5. The van der Waals surface area contributed by atoms with Crippen LogP contribution in [-0.2, 0) is 4.79 Å². The van der Waals surface area contributed by atoms with Crippen molar-refractivity contribution in [3.63, 3.8) is 0 Å². The highest BCUT2D eigenvalue weighted by Crippen LogP contribution is 2.20. The summed E-state index contributed by atoms with van der Waals surface area (Å²) in [6.45, 7) is 1.08. The Labute approximate surface area is 102 Å². The quantitative estimate of drug-likeness (QED) is 0.836. The Morgan fingerprint density at radius 1 is 1.65 bits per heavy atom. The van der Waals surface area contributed by atoms with Crippen molar-refractivity contribution >= 4 is 28.5 Å². The summed E-state index contributed by atoms with van der Waals surface area (Å²) in [5.41, 5.74) is 0. The van der Waals surface area contributed by atoms with E-state index in [1.165, 1.54) is 6.20 Å². The van der Waals surface area contributed by atoms with E-state index in [4.69, 9.17) is 5.11 Å². The summed E-state index contributed by atoms with van der Waals surface area (Å²) in [5.74, 6) is -0.762. The van der Waals surface area contributed by atoms with Gasteiger partial charge in [-0.1, -0.05) is 4.49 Å². The lowest BCUT2D eigenvalue weighted by Gasteiger charge is -2.15. The third kappa shape index (κ3) is 3.13. The largest absolute Gasteiger partial charge is 0.481 e. The molecule has 2 amide bonds. The number of nitrogens with one attached hydrogen (secondary N) is 1. The number of nitrogens with zero attached hydrogens (tertiary/aromatic N) is 3. The van der Waals surface area contributed by atoms with Gasteiger partial charge in [0.1, 0.15) is 5.00 Å². The van der Waals surface area contributed by atoms with Crippen molar-refractivity contribution in [2.24, 2.45) is 5.92 Å². The number of hydrogen-bond donors (Lipinski definition) is 2. The second kappa shape index (κ2) is 5.09. The van der Waals surface area contributed by atoms with E-state index in [2.05, 4.69) is 14.9 Å². The van der Waals surface area contributed by atoms with Crippen LogP contribution in [-0.4, -0.2) is 44.7 Å². The van der Waals surface area contributed by atoms with Gasteiger partial charge in [-0.15, -0.1) is 5.10 Å². The average Bonchev–Trinajstić information content (AvgIpc) is 2.87. The number of anilines is 1. The van der Waals surface area contributed by atoms with Gasteiger partial charge >= 0.3 is 12.0 Å². The number of aromatic nitrogens is 2. The molecule has 17 heavy (non-hydrogen) atoms. The number of aliphatic carboxylic acids is 1. The fourth-order valence-electron chi connectivity index (χ4n) is 1.84. The van der Waals surface area contributed by atoms with Gasteiger partial charge in [0.05, 0.1) is 6.20 Å². The van der Waals surface area contributed by atoms with Crippen LogP contribution in [0.15, 0.2) is 6.20 Å². The second-order valence-corrected chi connectivity index (χ2v) is 4.70. The lowest BCUT2D eigenvalue weighted by atomic mass is 10.1. The fourth-order valence-corrected chi connectivity index (χ4v) is 2.25. The van der Waals surface area contributed by atoms with Gasteiger partial charge in [0, 0.05) is 31.0 Å². The van der Waals surface area contributed by atoms with Crippen molar-refractivity contribution in [3.8, 4) is 0 Å². The van der Waals surface area contributed by atoms with E-state index in [1.807, 2.05) is 0 Å². The van der Waals surface area contributed by atoms with Crippen LogP contribution in [0.3, 0.4) is 0 Å². The molecule has 0 aliphatic carbocycles. The Morgan fingerprint density at radius 2 is 2.47 bits per heavy atom. The van der Waals surface area contributed by atoms with Crippen LogP contribution in [0.5, 0.6) is 0 Å². The minimum Gasteiger partial charge on any atom is -0.481 e. The summed E-state index contributed by atoms with van der Waals surface area (Å²) in [4.78, 5) is 23.9. The second-order valence-electron chi connectivity index (χ2n) is 3.91. The SMILES string of the molecule is O=C(O)CC1CCN(C(=O)Nc2cnns2)C1. The minimum absolute atomic E-state index is 0.0536. The summed E-state index contributed by atoms with van der Waals surface area (Å²) in [6, 6.07) is -0.219. The van der Waals surface area contributed by atoms with Crippen LogP contribution in [0.2, 0.25) is 0 Å². The Bertz CT molecular complexity index is 408. The third-order valence-electron chi connectivity index (χ3n) is 2.63. The maximum Gasteiger partial charge on any atom is 0.322 e. The van der Waals surface area contributed by atoms with Crippen molar-refractivity contribution in [2.75, 3.05) is 18.4 Å². The van der Waals surface area contributed by atoms with Gasteiger partial charge in [0.25, 0.3) is 0 Å². The van der Waals surface area contributed by atoms with E-state index in [1.54, 1.807) is 4.90 Å². The molecule has 8 heteroatoms. The molecule has 2 rings (SSSR count). The van der Waals surface area contributed by atoms with Gasteiger partial charge in [-0.2, -0.15) is 0 Å². The Morgan fingerprint density at radius 3 is 3.12 bits per heavy atom. The first-order valence-electron chi connectivity index (χ1n) is 5.20. The highest BCUT2D eigenvalue weighted by atomic mass is 32.1. The fraction of sp³-hybridized carbons (Fsp3) is 0.556. The van der Waals surface area contributed by atoms with E-state index >= 15 is 0 Å². The topological polar surface area (TPSA) is 95.4 Å². The molecule has 7 nitrogen and oxygen atoms in total. The van der Waals surface area contributed by atoms with Crippen molar-refractivity contribution in [2.45, 2.75) is 12.8 Å². The number of carbonyl (C=O) groups is 2.